The third kappa shape index (κ3) is 4.23. The van der Waals surface area contributed by atoms with E-state index in [-0.39, 0.29) is 5.56 Å². The number of nitrogens with zero attached hydrogens (tertiary/aromatic N) is 1. The van der Waals surface area contributed by atoms with Gasteiger partial charge in [0.05, 0.1) is 12.2 Å². The lowest BCUT2D eigenvalue weighted by Crippen LogP contribution is -2.08. The van der Waals surface area contributed by atoms with E-state index in [0.29, 0.717) is 0 Å². The summed E-state index contributed by atoms with van der Waals surface area (Å²) in [6.45, 7) is -0.526. The van der Waals surface area contributed by atoms with Gasteiger partial charge >= 0.3 is 22.8 Å². The molecule has 0 saturated heterocycles. The van der Waals surface area contributed by atoms with Crippen molar-refractivity contribution in [2.45, 2.75) is 12.8 Å². The Labute approximate surface area is 101 Å². The van der Waals surface area contributed by atoms with Crippen molar-refractivity contribution in [2.24, 2.45) is 0 Å². The first-order valence-corrected chi connectivity index (χ1v) is 5.71. The van der Waals surface area contributed by atoms with Crippen LogP contribution in [0, 0.1) is 11.5 Å². The normalized spacial score (nSPS) is 11.9. The van der Waals surface area contributed by atoms with Gasteiger partial charge in [-0.3, -0.25) is 4.18 Å². The monoisotopic (exact) mass is 281 g/mol. The maximum absolute atomic E-state index is 12.2. The molecule has 0 aromatic heterocycles. The number of alkyl halides is 3. The lowest BCUT2D eigenvalue weighted by Gasteiger charge is -2.07. The standard InChI is InChI=1S/C9H6F3NO4S/c10-9(11,12)8-3-1-7(2-4-8)5-16-18(14,15)17-6-13/h1-4H,5H2. The fourth-order valence-corrected chi connectivity index (χ4v) is 1.42. The van der Waals surface area contributed by atoms with E-state index < -0.39 is 28.7 Å². The molecule has 5 nitrogen and oxygen atoms in total. The molecule has 0 unspecified atom stereocenters. The van der Waals surface area contributed by atoms with Crippen molar-refractivity contribution in [3.05, 3.63) is 35.4 Å². The Hall–Kier alpha value is -1.79. The van der Waals surface area contributed by atoms with Crippen LogP contribution in [0.5, 0.6) is 0 Å². The van der Waals surface area contributed by atoms with Crippen LogP contribution in [0.1, 0.15) is 11.1 Å². The van der Waals surface area contributed by atoms with Crippen molar-refractivity contribution in [2.75, 3.05) is 0 Å². The largest absolute Gasteiger partial charge is 0.459 e. The van der Waals surface area contributed by atoms with Crippen LogP contribution >= 0.6 is 0 Å². The van der Waals surface area contributed by atoms with E-state index in [1.54, 1.807) is 0 Å². The van der Waals surface area contributed by atoms with Gasteiger partial charge in [0.25, 0.3) is 0 Å². The SMILES string of the molecule is N#COS(=O)(=O)OCc1ccc(C(F)(F)F)cc1. The Morgan fingerprint density at radius 3 is 2.22 bits per heavy atom. The molecule has 0 aliphatic heterocycles. The zero-order valence-electron chi connectivity index (χ0n) is 8.64. The minimum absolute atomic E-state index is 0.188. The quantitative estimate of drug-likeness (QED) is 0.788. The summed E-state index contributed by atoms with van der Waals surface area (Å²) in [5.74, 6) is 0. The van der Waals surface area contributed by atoms with Crippen LogP contribution in [-0.4, -0.2) is 8.42 Å². The zero-order valence-corrected chi connectivity index (χ0v) is 9.46. The van der Waals surface area contributed by atoms with Crippen molar-refractivity contribution in [3.63, 3.8) is 0 Å². The number of nitriles is 1. The van der Waals surface area contributed by atoms with Crippen LogP contribution in [0.25, 0.3) is 0 Å². The summed E-state index contributed by atoms with van der Waals surface area (Å²) in [6, 6.07) is 3.70. The molecule has 0 heterocycles. The van der Waals surface area contributed by atoms with Crippen LogP contribution < -0.4 is 0 Å². The lowest BCUT2D eigenvalue weighted by atomic mass is 10.1. The molecule has 18 heavy (non-hydrogen) atoms. The van der Waals surface area contributed by atoms with E-state index in [1.165, 1.54) is 0 Å². The van der Waals surface area contributed by atoms with E-state index in [2.05, 4.69) is 8.37 Å². The third-order valence-electron chi connectivity index (χ3n) is 1.79. The number of hydrogen-bond acceptors (Lipinski definition) is 5. The number of benzene rings is 1. The number of halogens is 3. The minimum atomic E-state index is -4.46. The molecule has 0 aliphatic carbocycles. The second-order valence-electron chi connectivity index (χ2n) is 3.04. The fraction of sp³-hybridized carbons (Fsp3) is 0.222. The fourth-order valence-electron chi connectivity index (χ4n) is 1.000. The third-order valence-corrected chi connectivity index (χ3v) is 2.48. The Balaban J connectivity index is 2.69. The van der Waals surface area contributed by atoms with Gasteiger partial charge in [-0.15, -0.1) is 5.26 Å². The molecule has 1 aromatic carbocycles. The molecule has 0 aliphatic rings. The first kappa shape index (κ1) is 14.3. The lowest BCUT2D eigenvalue weighted by molar-refractivity contribution is -0.137. The van der Waals surface area contributed by atoms with Crippen molar-refractivity contribution < 1.29 is 30.0 Å². The van der Waals surface area contributed by atoms with Gasteiger partial charge in [0.15, 0.2) is 0 Å². The van der Waals surface area contributed by atoms with Gasteiger partial charge in [0.2, 0.25) is 0 Å². The average Bonchev–Trinajstić information content (AvgIpc) is 2.26. The summed E-state index contributed by atoms with van der Waals surface area (Å²) < 4.78 is 66.0. The van der Waals surface area contributed by atoms with Crippen molar-refractivity contribution in [1.29, 1.82) is 5.26 Å². The Morgan fingerprint density at radius 2 is 1.78 bits per heavy atom. The van der Waals surface area contributed by atoms with Crippen molar-refractivity contribution >= 4 is 10.4 Å². The van der Waals surface area contributed by atoms with E-state index in [0.717, 1.165) is 30.5 Å². The predicted octanol–water partition coefficient (Wildman–Crippen LogP) is 1.96. The van der Waals surface area contributed by atoms with Gasteiger partial charge in [-0.05, 0) is 17.7 Å². The van der Waals surface area contributed by atoms with Gasteiger partial charge in [-0.25, -0.2) is 4.18 Å². The molecule has 1 rings (SSSR count). The summed E-state index contributed by atoms with van der Waals surface area (Å²) in [7, 11) is -4.45. The van der Waals surface area contributed by atoms with Gasteiger partial charge in [-0.2, -0.15) is 21.6 Å². The number of rotatable bonds is 4. The smallest absolute Gasteiger partial charge is 0.281 e. The van der Waals surface area contributed by atoms with Crippen LogP contribution in [0.15, 0.2) is 24.3 Å². The summed E-state index contributed by atoms with van der Waals surface area (Å²) >= 11 is 0. The molecule has 0 spiro atoms. The first-order chi connectivity index (χ1) is 8.24. The Morgan fingerprint density at radius 1 is 1.22 bits per heavy atom. The molecular formula is C9H6F3NO4S. The minimum Gasteiger partial charge on any atom is -0.281 e. The topological polar surface area (TPSA) is 76.4 Å². The molecule has 0 fully saturated rings. The summed E-state index contributed by atoms with van der Waals surface area (Å²) in [5, 5.41) is 7.97. The second-order valence-corrected chi connectivity index (χ2v) is 4.26. The molecule has 0 bridgehead atoms. The molecule has 0 N–H and O–H groups in total. The van der Waals surface area contributed by atoms with Crippen molar-refractivity contribution in [3.8, 4) is 6.26 Å². The average molecular weight is 281 g/mol. The van der Waals surface area contributed by atoms with E-state index >= 15 is 0 Å². The highest BCUT2D eigenvalue weighted by atomic mass is 32.3. The highest BCUT2D eigenvalue weighted by Crippen LogP contribution is 2.29. The summed E-state index contributed by atoms with van der Waals surface area (Å²) in [5.41, 5.74) is -0.671. The molecule has 0 radical (unpaired) electrons. The van der Waals surface area contributed by atoms with Crippen LogP contribution in [-0.2, 0) is 31.5 Å². The highest BCUT2D eigenvalue weighted by Gasteiger charge is 2.29. The zero-order chi connectivity index (χ0) is 13.8. The molecule has 98 valence electrons. The summed E-state index contributed by atoms with van der Waals surface area (Å²) in [4.78, 5) is 0. The van der Waals surface area contributed by atoms with E-state index in [4.69, 9.17) is 5.26 Å². The molecule has 9 heteroatoms. The molecule has 0 atom stereocenters. The molecular weight excluding hydrogens is 275 g/mol. The Bertz CT molecular complexity index is 545. The van der Waals surface area contributed by atoms with Gasteiger partial charge < -0.3 is 0 Å². The van der Waals surface area contributed by atoms with Crippen LogP contribution in [0.3, 0.4) is 0 Å². The second kappa shape index (κ2) is 5.24. The van der Waals surface area contributed by atoms with Gasteiger partial charge in [0, 0.05) is 0 Å². The first-order valence-electron chi connectivity index (χ1n) is 4.37. The Kier molecular flexibility index (Phi) is 4.15. The molecule has 0 amide bonds. The number of hydrogen-bond donors (Lipinski definition) is 0. The summed E-state index contributed by atoms with van der Waals surface area (Å²) in [6.07, 6.45) is -3.55. The van der Waals surface area contributed by atoms with Gasteiger partial charge in [-0.1, -0.05) is 12.1 Å². The van der Waals surface area contributed by atoms with Crippen LogP contribution in [0.2, 0.25) is 0 Å². The maximum atomic E-state index is 12.2. The van der Waals surface area contributed by atoms with Gasteiger partial charge in [0.1, 0.15) is 0 Å². The molecule has 0 saturated carbocycles. The maximum Gasteiger partial charge on any atom is 0.459 e. The van der Waals surface area contributed by atoms with Crippen LogP contribution in [0.4, 0.5) is 13.2 Å². The highest BCUT2D eigenvalue weighted by molar-refractivity contribution is 7.82. The van der Waals surface area contributed by atoms with E-state index in [1.807, 2.05) is 0 Å². The van der Waals surface area contributed by atoms with Crippen molar-refractivity contribution in [1.82, 2.24) is 0 Å². The predicted molar refractivity (Wildman–Crippen MR) is 51.9 cm³/mol. The van der Waals surface area contributed by atoms with E-state index in [9.17, 15) is 21.6 Å². The molecule has 1 aromatic rings.